The van der Waals surface area contributed by atoms with Crippen LogP contribution in [0.2, 0.25) is 0 Å². The molecule has 0 spiro atoms. The average Bonchev–Trinajstić information content (AvgIpc) is 4.12. The number of amides is 2. The van der Waals surface area contributed by atoms with Crippen LogP contribution in [-0.4, -0.2) is 40.6 Å². The maximum atomic E-state index is 14.7. The number of halogens is 4. The molecular formula is C44H37F4NO7. The van der Waals surface area contributed by atoms with Gasteiger partial charge in [0.05, 0.1) is 12.0 Å². The van der Waals surface area contributed by atoms with Gasteiger partial charge in [-0.25, -0.2) is 27.3 Å². The Labute approximate surface area is 320 Å². The lowest BCUT2D eigenvalue weighted by molar-refractivity contribution is -0.138. The Balaban J connectivity index is 0.000000189. The van der Waals surface area contributed by atoms with Crippen LogP contribution in [0, 0.1) is 35.1 Å². The summed E-state index contributed by atoms with van der Waals surface area (Å²) < 4.78 is 73.1. The van der Waals surface area contributed by atoms with Crippen LogP contribution in [0.5, 0.6) is 11.5 Å². The molecule has 5 aromatic carbocycles. The number of benzene rings is 5. The summed E-state index contributed by atoms with van der Waals surface area (Å²) in [6.45, 7) is 0.237. The van der Waals surface area contributed by atoms with Crippen molar-refractivity contribution in [3.63, 3.8) is 0 Å². The largest absolute Gasteiger partial charge is 0.483 e. The average molecular weight is 768 g/mol. The number of rotatable bonds is 12. The lowest BCUT2D eigenvalue weighted by atomic mass is 10.0. The number of imide groups is 1. The molecule has 1 saturated heterocycles. The van der Waals surface area contributed by atoms with Crippen molar-refractivity contribution in [2.24, 2.45) is 11.8 Å². The lowest BCUT2D eigenvalue weighted by Gasteiger charge is -2.20. The van der Waals surface area contributed by atoms with Crippen molar-refractivity contribution in [1.29, 1.82) is 0 Å². The van der Waals surface area contributed by atoms with E-state index < -0.39 is 64.7 Å². The fourth-order valence-corrected chi connectivity index (χ4v) is 6.94. The van der Waals surface area contributed by atoms with Crippen LogP contribution in [0.1, 0.15) is 52.5 Å². The Kier molecular flexibility index (Phi) is 11.4. The van der Waals surface area contributed by atoms with Crippen molar-refractivity contribution < 1.29 is 51.3 Å². The van der Waals surface area contributed by atoms with E-state index in [9.17, 15) is 31.9 Å². The van der Waals surface area contributed by atoms with Crippen LogP contribution >= 0.6 is 0 Å². The second kappa shape index (κ2) is 16.7. The maximum absolute atomic E-state index is 14.7. The van der Waals surface area contributed by atoms with Gasteiger partial charge in [-0.1, -0.05) is 91.0 Å². The third-order valence-electron chi connectivity index (χ3n) is 10.1. The minimum atomic E-state index is -0.935. The zero-order valence-corrected chi connectivity index (χ0v) is 30.0. The third kappa shape index (κ3) is 8.86. The first kappa shape index (κ1) is 38.1. The van der Waals surface area contributed by atoms with Crippen molar-refractivity contribution in [2.45, 2.75) is 50.4 Å². The minimum absolute atomic E-state index is 0.0401. The number of carbonyl (C=O) groups excluding carboxylic acids is 2. The first-order valence-electron chi connectivity index (χ1n) is 18.1. The van der Waals surface area contributed by atoms with E-state index in [1.165, 1.54) is 17.0 Å². The number of carbonyl (C=O) groups is 3. The summed E-state index contributed by atoms with van der Waals surface area (Å²) in [7, 11) is 0. The highest BCUT2D eigenvalue weighted by Crippen LogP contribution is 2.50. The first-order chi connectivity index (χ1) is 27.1. The van der Waals surface area contributed by atoms with Gasteiger partial charge in [-0.3, -0.25) is 9.59 Å². The van der Waals surface area contributed by atoms with Crippen molar-refractivity contribution in [3.8, 4) is 11.5 Å². The second-order valence-corrected chi connectivity index (χ2v) is 14.0. The Morgan fingerprint density at radius 1 is 0.643 bits per heavy atom. The Hall–Kier alpha value is -6.17. The predicted molar refractivity (Wildman–Crippen MR) is 196 cm³/mol. The van der Waals surface area contributed by atoms with Gasteiger partial charge in [0, 0.05) is 5.92 Å². The molecule has 12 heteroatoms. The highest BCUT2D eigenvalue weighted by atomic mass is 19.1. The molecule has 5 atom stereocenters. The quantitative estimate of drug-likeness (QED) is 0.127. The van der Waals surface area contributed by atoms with Gasteiger partial charge in [0.15, 0.2) is 34.8 Å². The van der Waals surface area contributed by atoms with Crippen molar-refractivity contribution in [3.05, 3.63) is 166 Å². The van der Waals surface area contributed by atoms with Crippen LogP contribution in [0.25, 0.3) is 0 Å². The van der Waals surface area contributed by atoms with E-state index in [4.69, 9.17) is 19.3 Å². The van der Waals surface area contributed by atoms with E-state index in [1.54, 1.807) is 24.3 Å². The number of cyclic esters (lactones) is 1. The van der Waals surface area contributed by atoms with Crippen LogP contribution in [0.15, 0.2) is 115 Å². The maximum Gasteiger partial charge on any atom is 0.416 e. The smallest absolute Gasteiger partial charge is 0.416 e. The number of nitrogens with zero attached hydrogens (tertiary/aromatic N) is 1. The molecule has 0 bridgehead atoms. The minimum Gasteiger partial charge on any atom is -0.483 e. The predicted octanol–water partition coefficient (Wildman–Crippen LogP) is 8.97. The molecule has 288 valence electrons. The van der Waals surface area contributed by atoms with Gasteiger partial charge in [-0.15, -0.1) is 0 Å². The number of carboxylic acids is 1. The molecule has 2 saturated carbocycles. The molecule has 0 radical (unpaired) electrons. The summed E-state index contributed by atoms with van der Waals surface area (Å²) in [4.78, 5) is 37.4. The Bertz CT molecular complexity index is 2160. The molecule has 8 nitrogen and oxygen atoms in total. The van der Waals surface area contributed by atoms with Gasteiger partial charge in [-0.2, -0.15) is 0 Å². The highest BCUT2D eigenvalue weighted by molar-refractivity contribution is 5.96. The van der Waals surface area contributed by atoms with Gasteiger partial charge >= 0.3 is 12.1 Å². The molecule has 2 aliphatic carbocycles. The summed E-state index contributed by atoms with van der Waals surface area (Å²) in [5.74, 6) is -7.14. The van der Waals surface area contributed by atoms with Crippen LogP contribution < -0.4 is 9.47 Å². The second-order valence-electron chi connectivity index (χ2n) is 14.0. The Morgan fingerprint density at radius 2 is 1.05 bits per heavy atom. The fraction of sp³-hybridized carbons (Fsp3) is 0.250. The molecule has 1 aliphatic heterocycles. The third-order valence-corrected chi connectivity index (χ3v) is 10.1. The van der Waals surface area contributed by atoms with Crippen LogP contribution in [0.3, 0.4) is 0 Å². The number of carboxylic acid groups (broad SMARTS) is 1. The normalized spacial score (nSPS) is 20.7. The van der Waals surface area contributed by atoms with E-state index in [-0.39, 0.29) is 37.6 Å². The molecule has 5 aromatic rings. The van der Waals surface area contributed by atoms with Crippen molar-refractivity contribution >= 4 is 18.0 Å². The number of hydrogen-bond acceptors (Lipinski definition) is 6. The summed E-state index contributed by atoms with van der Waals surface area (Å²) in [6, 6.07) is 32.1. The van der Waals surface area contributed by atoms with Crippen LogP contribution in [0.4, 0.5) is 22.4 Å². The number of ether oxygens (including phenoxy) is 3. The molecular weight excluding hydrogens is 730 g/mol. The topological polar surface area (TPSA) is 102 Å². The summed E-state index contributed by atoms with van der Waals surface area (Å²) in [5, 5.41) is 8.88. The standard InChI is InChI=1S/C27H23F2NO4.C17H14F2O3/c28-23-12-19(13-24(29)25(23)33-15-18-9-5-2-6-10-18)21-14-22(21)26(31)30-20(16-34-27(30)32)11-17-7-3-1-4-8-17;18-14-6-11(12-8-13(12)17(20)21)7-15(19)16(14)22-9-10-4-2-1-3-5-10/h1-10,12-13,20-22H,11,14-16H2;1-7,12-13H,8-9H2,(H,20,21)/t20-,21?,22?;/m1./s1. The molecule has 1 N–H and O–H groups in total. The van der Waals surface area contributed by atoms with E-state index in [2.05, 4.69) is 0 Å². The van der Waals surface area contributed by atoms with Gasteiger partial charge in [-0.05, 0) is 83.2 Å². The number of aliphatic carboxylic acids is 1. The fourth-order valence-electron chi connectivity index (χ4n) is 6.94. The van der Waals surface area contributed by atoms with E-state index in [0.29, 0.717) is 30.4 Å². The van der Waals surface area contributed by atoms with Gasteiger partial charge in [0.2, 0.25) is 5.91 Å². The zero-order valence-electron chi connectivity index (χ0n) is 30.0. The molecule has 56 heavy (non-hydrogen) atoms. The van der Waals surface area contributed by atoms with E-state index >= 15 is 0 Å². The monoisotopic (exact) mass is 767 g/mol. The van der Waals surface area contributed by atoms with E-state index in [0.717, 1.165) is 28.8 Å². The molecule has 3 aliphatic rings. The molecule has 8 rings (SSSR count). The van der Waals surface area contributed by atoms with Crippen LogP contribution in [-0.2, 0) is 34.0 Å². The van der Waals surface area contributed by atoms with Gasteiger partial charge < -0.3 is 19.3 Å². The molecule has 3 fully saturated rings. The SMILES string of the molecule is O=C(O)C1CC1c1cc(F)c(OCc2ccccc2)c(F)c1.O=C1OC[C@@H](Cc2ccccc2)N1C(=O)C1CC1c1cc(F)c(OCc2ccccc2)c(F)c1. The van der Waals surface area contributed by atoms with Crippen molar-refractivity contribution in [2.75, 3.05) is 6.61 Å². The van der Waals surface area contributed by atoms with E-state index in [1.807, 2.05) is 66.7 Å². The molecule has 4 unspecified atom stereocenters. The summed E-state index contributed by atoms with van der Waals surface area (Å²) in [6.07, 6.45) is 0.660. The summed E-state index contributed by atoms with van der Waals surface area (Å²) >= 11 is 0. The molecule has 0 aromatic heterocycles. The highest BCUT2D eigenvalue weighted by Gasteiger charge is 2.51. The Morgan fingerprint density at radius 3 is 1.48 bits per heavy atom. The first-order valence-corrected chi connectivity index (χ1v) is 18.1. The summed E-state index contributed by atoms with van der Waals surface area (Å²) in [5.41, 5.74) is 3.34. The zero-order chi connectivity index (χ0) is 39.3. The molecule has 1 heterocycles. The van der Waals surface area contributed by atoms with Crippen molar-refractivity contribution in [1.82, 2.24) is 4.90 Å². The lowest BCUT2D eigenvalue weighted by Crippen LogP contribution is -2.41. The number of hydrogen-bond donors (Lipinski definition) is 1. The van der Waals surface area contributed by atoms with Gasteiger partial charge in [0.25, 0.3) is 0 Å². The molecule has 2 amide bonds. The van der Waals surface area contributed by atoms with Gasteiger partial charge in [0.1, 0.15) is 19.8 Å².